The SMILES string of the molecule is CCOC(=O)c1cnc(C2CCC(C)CC2)nc1C(C)C. The van der Waals surface area contributed by atoms with Crippen LogP contribution in [0.15, 0.2) is 6.20 Å². The molecule has 0 aliphatic heterocycles. The minimum Gasteiger partial charge on any atom is -0.462 e. The van der Waals surface area contributed by atoms with E-state index in [4.69, 9.17) is 9.72 Å². The molecule has 1 aromatic rings. The molecule has 0 atom stereocenters. The molecule has 1 fully saturated rings. The molecule has 1 aromatic heterocycles. The van der Waals surface area contributed by atoms with Gasteiger partial charge in [-0.2, -0.15) is 0 Å². The predicted octanol–water partition coefficient (Wildman–Crippen LogP) is 4.07. The molecule has 0 spiro atoms. The van der Waals surface area contributed by atoms with E-state index in [9.17, 15) is 4.79 Å². The summed E-state index contributed by atoms with van der Waals surface area (Å²) in [4.78, 5) is 21.2. The molecular formula is C17H26N2O2. The summed E-state index contributed by atoms with van der Waals surface area (Å²) in [6.07, 6.45) is 6.44. The number of ether oxygens (including phenoxy) is 1. The van der Waals surface area contributed by atoms with Crippen LogP contribution in [-0.2, 0) is 4.74 Å². The van der Waals surface area contributed by atoms with Gasteiger partial charge in [-0.3, -0.25) is 0 Å². The van der Waals surface area contributed by atoms with Crippen LogP contribution in [0.3, 0.4) is 0 Å². The maximum atomic E-state index is 12.0. The average molecular weight is 290 g/mol. The minimum atomic E-state index is -0.315. The summed E-state index contributed by atoms with van der Waals surface area (Å²) in [6, 6.07) is 0. The summed E-state index contributed by atoms with van der Waals surface area (Å²) in [6.45, 7) is 8.60. The molecule has 0 amide bonds. The van der Waals surface area contributed by atoms with Crippen LogP contribution in [0, 0.1) is 5.92 Å². The van der Waals surface area contributed by atoms with Gasteiger partial charge >= 0.3 is 5.97 Å². The van der Waals surface area contributed by atoms with Crippen LogP contribution in [0.2, 0.25) is 0 Å². The Balaban J connectivity index is 2.25. The van der Waals surface area contributed by atoms with Crippen LogP contribution in [0.5, 0.6) is 0 Å². The summed E-state index contributed by atoms with van der Waals surface area (Å²) in [5.74, 6) is 2.02. The first-order valence-electron chi connectivity index (χ1n) is 8.06. The second-order valence-corrected chi connectivity index (χ2v) is 6.36. The van der Waals surface area contributed by atoms with Crippen molar-refractivity contribution in [3.05, 3.63) is 23.3 Å². The van der Waals surface area contributed by atoms with Gasteiger partial charge in [0.1, 0.15) is 5.82 Å². The highest BCUT2D eigenvalue weighted by atomic mass is 16.5. The lowest BCUT2D eigenvalue weighted by Crippen LogP contribution is -2.17. The van der Waals surface area contributed by atoms with Gasteiger partial charge in [0.25, 0.3) is 0 Å². The predicted molar refractivity (Wildman–Crippen MR) is 82.5 cm³/mol. The normalized spacial score (nSPS) is 22.3. The van der Waals surface area contributed by atoms with Gasteiger partial charge in [0.2, 0.25) is 0 Å². The van der Waals surface area contributed by atoms with E-state index in [0.717, 1.165) is 30.3 Å². The van der Waals surface area contributed by atoms with Gasteiger partial charge in [-0.1, -0.05) is 33.6 Å². The van der Waals surface area contributed by atoms with Gasteiger partial charge in [-0.05, 0) is 31.6 Å². The highest BCUT2D eigenvalue weighted by molar-refractivity contribution is 5.90. The summed E-state index contributed by atoms with van der Waals surface area (Å²) >= 11 is 0. The second-order valence-electron chi connectivity index (χ2n) is 6.36. The molecule has 1 saturated carbocycles. The highest BCUT2D eigenvalue weighted by Crippen LogP contribution is 2.34. The third-order valence-electron chi connectivity index (χ3n) is 4.26. The van der Waals surface area contributed by atoms with Gasteiger partial charge in [0, 0.05) is 12.1 Å². The number of aromatic nitrogens is 2. The summed E-state index contributed by atoms with van der Waals surface area (Å²) in [5.41, 5.74) is 1.33. The van der Waals surface area contributed by atoms with Crippen LogP contribution in [0.4, 0.5) is 0 Å². The molecule has 21 heavy (non-hydrogen) atoms. The van der Waals surface area contributed by atoms with Crippen molar-refractivity contribution < 1.29 is 9.53 Å². The zero-order valence-corrected chi connectivity index (χ0v) is 13.6. The van der Waals surface area contributed by atoms with E-state index in [0.29, 0.717) is 18.1 Å². The fourth-order valence-electron chi connectivity index (χ4n) is 2.93. The molecule has 4 nitrogen and oxygen atoms in total. The first kappa shape index (κ1) is 15.9. The molecule has 0 saturated heterocycles. The van der Waals surface area contributed by atoms with Crippen LogP contribution < -0.4 is 0 Å². The third kappa shape index (κ3) is 3.80. The van der Waals surface area contributed by atoms with Crippen molar-refractivity contribution in [3.8, 4) is 0 Å². The van der Waals surface area contributed by atoms with Gasteiger partial charge in [0.15, 0.2) is 0 Å². The Morgan fingerprint density at radius 2 is 2.00 bits per heavy atom. The van der Waals surface area contributed by atoms with Crippen molar-refractivity contribution in [2.45, 2.75) is 65.2 Å². The minimum absolute atomic E-state index is 0.189. The van der Waals surface area contributed by atoms with E-state index in [1.54, 1.807) is 6.20 Å². The Bertz CT molecular complexity index is 492. The molecule has 0 radical (unpaired) electrons. The number of nitrogens with zero attached hydrogens (tertiary/aromatic N) is 2. The number of carbonyl (C=O) groups excluding carboxylic acids is 1. The Labute approximate surface area is 127 Å². The first-order valence-corrected chi connectivity index (χ1v) is 8.06. The maximum Gasteiger partial charge on any atom is 0.341 e. The Morgan fingerprint density at radius 3 is 2.57 bits per heavy atom. The number of carbonyl (C=O) groups is 1. The molecule has 1 aliphatic carbocycles. The molecule has 2 rings (SSSR count). The summed E-state index contributed by atoms with van der Waals surface area (Å²) in [7, 11) is 0. The number of rotatable bonds is 4. The first-order chi connectivity index (χ1) is 10.0. The van der Waals surface area contributed by atoms with Gasteiger partial charge in [0.05, 0.1) is 17.9 Å². The highest BCUT2D eigenvalue weighted by Gasteiger charge is 2.24. The number of hydrogen-bond donors (Lipinski definition) is 0. The van der Waals surface area contributed by atoms with Gasteiger partial charge in [-0.25, -0.2) is 14.8 Å². The van der Waals surface area contributed by atoms with Crippen molar-refractivity contribution >= 4 is 5.97 Å². The van der Waals surface area contributed by atoms with Crippen molar-refractivity contribution in [2.24, 2.45) is 5.92 Å². The second kappa shape index (κ2) is 7.01. The van der Waals surface area contributed by atoms with Crippen LogP contribution >= 0.6 is 0 Å². The third-order valence-corrected chi connectivity index (χ3v) is 4.26. The van der Waals surface area contributed by atoms with Crippen molar-refractivity contribution in [3.63, 3.8) is 0 Å². The van der Waals surface area contributed by atoms with Gasteiger partial charge in [-0.15, -0.1) is 0 Å². The zero-order valence-electron chi connectivity index (χ0n) is 13.6. The Kier molecular flexibility index (Phi) is 5.32. The topological polar surface area (TPSA) is 52.1 Å². The van der Waals surface area contributed by atoms with Crippen LogP contribution in [0.1, 0.15) is 87.1 Å². The summed E-state index contributed by atoms with van der Waals surface area (Å²) < 4.78 is 5.10. The smallest absolute Gasteiger partial charge is 0.341 e. The van der Waals surface area contributed by atoms with E-state index < -0.39 is 0 Å². The summed E-state index contributed by atoms with van der Waals surface area (Å²) in [5, 5.41) is 0. The fraction of sp³-hybridized carbons (Fsp3) is 0.706. The lowest BCUT2D eigenvalue weighted by atomic mass is 9.82. The molecule has 4 heteroatoms. The van der Waals surface area contributed by atoms with Crippen LogP contribution in [-0.4, -0.2) is 22.5 Å². The Morgan fingerprint density at radius 1 is 1.33 bits per heavy atom. The fourth-order valence-corrected chi connectivity index (χ4v) is 2.93. The molecule has 0 unspecified atom stereocenters. The van der Waals surface area contributed by atoms with Gasteiger partial charge < -0.3 is 4.74 Å². The Hall–Kier alpha value is -1.45. The molecule has 0 N–H and O–H groups in total. The van der Waals surface area contributed by atoms with Crippen molar-refractivity contribution in [2.75, 3.05) is 6.61 Å². The van der Waals surface area contributed by atoms with Crippen molar-refractivity contribution in [1.82, 2.24) is 9.97 Å². The largest absolute Gasteiger partial charge is 0.462 e. The quantitative estimate of drug-likeness (QED) is 0.784. The van der Waals surface area contributed by atoms with E-state index in [1.165, 1.54) is 12.8 Å². The molecule has 0 bridgehead atoms. The monoisotopic (exact) mass is 290 g/mol. The molecule has 1 aliphatic rings. The molecular weight excluding hydrogens is 264 g/mol. The van der Waals surface area contributed by atoms with E-state index >= 15 is 0 Å². The van der Waals surface area contributed by atoms with Crippen molar-refractivity contribution in [1.29, 1.82) is 0 Å². The standard InChI is InChI=1S/C17H26N2O2/c1-5-21-17(20)14-10-18-16(19-15(14)11(2)3)13-8-6-12(4)7-9-13/h10-13H,5-9H2,1-4H3. The zero-order chi connectivity index (χ0) is 15.4. The molecule has 0 aromatic carbocycles. The lowest BCUT2D eigenvalue weighted by molar-refractivity contribution is 0.0523. The molecule has 1 heterocycles. The molecule has 116 valence electrons. The lowest BCUT2D eigenvalue weighted by Gasteiger charge is -2.25. The van der Waals surface area contributed by atoms with E-state index in [-0.39, 0.29) is 11.9 Å². The van der Waals surface area contributed by atoms with E-state index in [2.05, 4.69) is 25.8 Å². The average Bonchev–Trinajstić information content (AvgIpc) is 2.47. The maximum absolute atomic E-state index is 12.0. The van der Waals surface area contributed by atoms with E-state index in [1.807, 2.05) is 6.92 Å². The number of hydrogen-bond acceptors (Lipinski definition) is 4. The van der Waals surface area contributed by atoms with Crippen LogP contribution in [0.25, 0.3) is 0 Å². The number of esters is 1.